The Morgan fingerprint density at radius 1 is 1.25 bits per heavy atom. The van der Waals surface area contributed by atoms with Crippen LogP contribution in [0, 0.1) is 5.41 Å². The Labute approximate surface area is 125 Å². The van der Waals surface area contributed by atoms with Crippen LogP contribution in [0.5, 0.6) is 0 Å². The van der Waals surface area contributed by atoms with Crippen molar-refractivity contribution >= 4 is 0 Å². The van der Waals surface area contributed by atoms with Crippen molar-refractivity contribution in [2.75, 3.05) is 7.05 Å². The van der Waals surface area contributed by atoms with E-state index >= 15 is 0 Å². The smallest absolute Gasteiger partial charge is 0.0624 e. The lowest BCUT2D eigenvalue weighted by Crippen LogP contribution is -2.37. The number of nitrogens with zero attached hydrogens (tertiary/aromatic N) is 2. The second-order valence-corrected chi connectivity index (χ2v) is 6.86. The minimum Gasteiger partial charge on any atom is -0.316 e. The quantitative estimate of drug-likeness (QED) is 0.773. The first-order valence-corrected chi connectivity index (χ1v) is 8.13. The molecule has 3 nitrogen and oxygen atoms in total. The lowest BCUT2D eigenvalue weighted by Gasteiger charge is -2.30. The Bertz CT molecular complexity index is 372. The predicted octanol–water partition coefficient (Wildman–Crippen LogP) is 4.20. The highest BCUT2D eigenvalue weighted by molar-refractivity contribution is 5.00. The van der Waals surface area contributed by atoms with E-state index < -0.39 is 0 Å². The highest BCUT2D eigenvalue weighted by Gasteiger charge is 2.22. The van der Waals surface area contributed by atoms with Crippen LogP contribution in [0.4, 0.5) is 0 Å². The van der Waals surface area contributed by atoms with Crippen molar-refractivity contribution in [3.8, 4) is 0 Å². The molecule has 1 atom stereocenters. The molecule has 1 unspecified atom stereocenters. The van der Waals surface area contributed by atoms with Crippen LogP contribution in [0.3, 0.4) is 0 Å². The first-order chi connectivity index (χ1) is 9.42. The molecule has 0 amide bonds. The molecular formula is C17H33N3. The molecule has 0 radical (unpaired) electrons. The van der Waals surface area contributed by atoms with Gasteiger partial charge in [-0.15, -0.1) is 0 Å². The molecule has 0 fully saturated rings. The van der Waals surface area contributed by atoms with Gasteiger partial charge in [-0.2, -0.15) is 5.10 Å². The summed E-state index contributed by atoms with van der Waals surface area (Å²) in [7, 11) is 2.07. The van der Waals surface area contributed by atoms with Gasteiger partial charge in [-0.05, 0) is 50.6 Å². The molecule has 0 aliphatic heterocycles. The van der Waals surface area contributed by atoms with Crippen LogP contribution in [0.25, 0.3) is 0 Å². The predicted molar refractivity (Wildman–Crippen MR) is 87.1 cm³/mol. The summed E-state index contributed by atoms with van der Waals surface area (Å²) in [5.41, 5.74) is 1.56. The lowest BCUT2D eigenvalue weighted by molar-refractivity contribution is 0.263. The molecule has 1 heterocycles. The molecule has 0 saturated carbocycles. The minimum absolute atomic E-state index is 0.323. The average molecular weight is 279 g/mol. The average Bonchev–Trinajstić information content (AvgIpc) is 2.83. The van der Waals surface area contributed by atoms with Gasteiger partial charge in [0.1, 0.15) is 0 Å². The van der Waals surface area contributed by atoms with Crippen LogP contribution >= 0.6 is 0 Å². The number of rotatable bonds is 8. The van der Waals surface area contributed by atoms with E-state index in [4.69, 9.17) is 5.10 Å². The molecule has 20 heavy (non-hydrogen) atoms. The van der Waals surface area contributed by atoms with Crippen molar-refractivity contribution in [2.24, 2.45) is 5.41 Å². The van der Waals surface area contributed by atoms with Gasteiger partial charge >= 0.3 is 0 Å². The molecule has 0 aliphatic rings. The molecule has 1 aromatic rings. The van der Waals surface area contributed by atoms with E-state index in [1.54, 1.807) is 0 Å². The third kappa shape index (κ3) is 4.93. The second kappa shape index (κ2) is 7.82. The third-order valence-electron chi connectivity index (χ3n) is 4.30. The van der Waals surface area contributed by atoms with Crippen molar-refractivity contribution in [1.29, 1.82) is 0 Å². The molecule has 1 N–H and O–H groups in total. The van der Waals surface area contributed by atoms with E-state index in [0.717, 1.165) is 19.3 Å². The first-order valence-electron chi connectivity index (χ1n) is 8.13. The monoisotopic (exact) mass is 279 g/mol. The van der Waals surface area contributed by atoms with Gasteiger partial charge in [0.05, 0.1) is 11.7 Å². The zero-order valence-corrected chi connectivity index (χ0v) is 14.2. The fraction of sp³-hybridized carbons (Fsp3) is 0.824. The first kappa shape index (κ1) is 17.2. The van der Waals surface area contributed by atoms with Crippen LogP contribution in [0.2, 0.25) is 0 Å². The van der Waals surface area contributed by atoms with E-state index in [-0.39, 0.29) is 0 Å². The summed E-state index contributed by atoms with van der Waals surface area (Å²) in [4.78, 5) is 0. The van der Waals surface area contributed by atoms with Gasteiger partial charge < -0.3 is 5.32 Å². The molecule has 0 bridgehead atoms. The van der Waals surface area contributed by atoms with Crippen molar-refractivity contribution in [1.82, 2.24) is 15.1 Å². The Morgan fingerprint density at radius 3 is 2.40 bits per heavy atom. The molecule has 0 aromatic carbocycles. The molecule has 0 saturated heterocycles. The van der Waals surface area contributed by atoms with Crippen molar-refractivity contribution in [3.63, 3.8) is 0 Å². The Balaban J connectivity index is 2.46. The van der Waals surface area contributed by atoms with E-state index in [1.807, 2.05) is 0 Å². The summed E-state index contributed by atoms with van der Waals surface area (Å²) in [6.07, 6.45) is 7.95. The van der Waals surface area contributed by atoms with E-state index in [0.29, 0.717) is 17.5 Å². The van der Waals surface area contributed by atoms with Crippen molar-refractivity contribution in [2.45, 2.75) is 78.8 Å². The highest BCUT2D eigenvalue weighted by Crippen LogP contribution is 2.23. The summed E-state index contributed by atoms with van der Waals surface area (Å²) < 4.78 is 2.15. The van der Waals surface area contributed by atoms with E-state index in [1.165, 1.54) is 18.5 Å². The molecule has 1 rings (SSSR count). The van der Waals surface area contributed by atoms with Crippen LogP contribution in [-0.2, 0) is 6.42 Å². The molecular weight excluding hydrogens is 246 g/mol. The number of aromatic nitrogens is 2. The second-order valence-electron chi connectivity index (χ2n) is 6.86. The minimum atomic E-state index is 0.323. The van der Waals surface area contributed by atoms with Crippen LogP contribution in [-0.4, -0.2) is 22.9 Å². The summed E-state index contributed by atoms with van der Waals surface area (Å²) in [6.45, 7) is 11.4. The molecule has 116 valence electrons. The van der Waals surface area contributed by atoms with Crippen LogP contribution in [0.1, 0.15) is 72.0 Å². The van der Waals surface area contributed by atoms with Gasteiger partial charge in [0.2, 0.25) is 0 Å². The molecule has 3 heteroatoms. The van der Waals surface area contributed by atoms with E-state index in [2.05, 4.69) is 63.9 Å². The van der Waals surface area contributed by atoms with Crippen LogP contribution in [0.15, 0.2) is 12.3 Å². The SMILES string of the molecule is CCC(CC)n1ccc(CCCC(NC)C(C)(C)C)n1. The summed E-state index contributed by atoms with van der Waals surface area (Å²) in [5.74, 6) is 0. The Hall–Kier alpha value is -0.830. The largest absolute Gasteiger partial charge is 0.316 e. The summed E-state index contributed by atoms with van der Waals surface area (Å²) >= 11 is 0. The molecule has 1 aromatic heterocycles. The standard InChI is InChI=1S/C17H33N3/c1-7-15(8-2)20-13-12-14(19-20)10-9-11-16(18-6)17(3,4)5/h12-13,15-16,18H,7-11H2,1-6H3. The van der Waals surface area contributed by atoms with Crippen molar-refractivity contribution in [3.05, 3.63) is 18.0 Å². The number of hydrogen-bond donors (Lipinski definition) is 1. The lowest BCUT2D eigenvalue weighted by atomic mass is 9.84. The number of aryl methyl sites for hydroxylation is 1. The van der Waals surface area contributed by atoms with Gasteiger partial charge in [0.15, 0.2) is 0 Å². The fourth-order valence-corrected chi connectivity index (χ4v) is 2.87. The van der Waals surface area contributed by atoms with Gasteiger partial charge in [-0.25, -0.2) is 0 Å². The maximum absolute atomic E-state index is 4.73. The van der Waals surface area contributed by atoms with E-state index in [9.17, 15) is 0 Å². The number of nitrogens with one attached hydrogen (secondary N) is 1. The summed E-state index contributed by atoms with van der Waals surface area (Å²) in [5, 5.41) is 8.18. The Kier molecular flexibility index (Phi) is 6.74. The fourth-order valence-electron chi connectivity index (χ4n) is 2.87. The van der Waals surface area contributed by atoms with Gasteiger partial charge in [-0.1, -0.05) is 34.6 Å². The summed E-state index contributed by atoms with van der Waals surface area (Å²) in [6, 6.07) is 3.32. The van der Waals surface area contributed by atoms with Gasteiger partial charge in [-0.3, -0.25) is 4.68 Å². The maximum Gasteiger partial charge on any atom is 0.0624 e. The maximum atomic E-state index is 4.73. The van der Waals surface area contributed by atoms with Crippen LogP contribution < -0.4 is 5.32 Å². The highest BCUT2D eigenvalue weighted by atomic mass is 15.3. The van der Waals surface area contributed by atoms with Gasteiger partial charge in [0, 0.05) is 12.2 Å². The molecule has 0 spiro atoms. The third-order valence-corrected chi connectivity index (χ3v) is 4.30. The Morgan fingerprint density at radius 2 is 1.90 bits per heavy atom. The normalized spacial score (nSPS) is 13.9. The zero-order chi connectivity index (χ0) is 15.2. The van der Waals surface area contributed by atoms with Crippen molar-refractivity contribution < 1.29 is 0 Å². The topological polar surface area (TPSA) is 29.9 Å². The van der Waals surface area contributed by atoms with Gasteiger partial charge in [0.25, 0.3) is 0 Å². The molecule has 0 aliphatic carbocycles. The zero-order valence-electron chi connectivity index (χ0n) is 14.2. The number of hydrogen-bond acceptors (Lipinski definition) is 2.